The summed E-state index contributed by atoms with van der Waals surface area (Å²) in [4.78, 5) is 4.09. The van der Waals surface area contributed by atoms with Crippen molar-refractivity contribution in [3.8, 4) is 0 Å². The molecule has 13 heavy (non-hydrogen) atoms. The van der Waals surface area contributed by atoms with Crippen molar-refractivity contribution in [2.75, 3.05) is 0 Å². The molecule has 1 aliphatic rings. The number of aromatic nitrogens is 1. The minimum absolute atomic E-state index is 0.639. The monoisotopic (exact) mass is 171 g/mol. The van der Waals surface area contributed by atoms with E-state index in [2.05, 4.69) is 35.4 Å². The molecule has 0 N–H and O–H groups in total. The third-order valence-electron chi connectivity index (χ3n) is 2.32. The van der Waals surface area contributed by atoms with Crippen LogP contribution in [-0.4, -0.2) is 4.98 Å². The van der Waals surface area contributed by atoms with Gasteiger partial charge in [0.2, 0.25) is 0 Å². The van der Waals surface area contributed by atoms with Gasteiger partial charge >= 0.3 is 0 Å². The first-order valence-electron chi connectivity index (χ1n) is 4.69. The number of hydrogen-bond acceptors (Lipinski definition) is 1. The summed E-state index contributed by atoms with van der Waals surface area (Å²) in [6.07, 6.45) is 14.8. The van der Waals surface area contributed by atoms with E-state index >= 15 is 0 Å². The normalized spacial score (nSPS) is 15.4. The van der Waals surface area contributed by atoms with Crippen LogP contribution in [0, 0.1) is 5.92 Å². The molecule has 1 aromatic heterocycles. The van der Waals surface area contributed by atoms with Crippen molar-refractivity contribution in [1.29, 1.82) is 0 Å². The van der Waals surface area contributed by atoms with Gasteiger partial charge in [-0.3, -0.25) is 4.98 Å². The minimum Gasteiger partial charge on any atom is -0.264 e. The quantitative estimate of drug-likeness (QED) is 0.681. The molecule has 0 radical (unpaired) electrons. The van der Waals surface area contributed by atoms with Crippen LogP contribution in [0.5, 0.6) is 0 Å². The molecule has 1 nitrogen and oxygen atoms in total. The van der Waals surface area contributed by atoms with Crippen molar-refractivity contribution in [2.24, 2.45) is 5.92 Å². The van der Waals surface area contributed by atoms with Gasteiger partial charge in [0.1, 0.15) is 0 Å². The fraction of sp³-hybridized carbons (Fsp3) is 0.250. The van der Waals surface area contributed by atoms with Gasteiger partial charge in [-0.1, -0.05) is 30.4 Å². The van der Waals surface area contributed by atoms with Crippen LogP contribution >= 0.6 is 0 Å². The molecule has 2 rings (SSSR count). The molecule has 0 aromatic carbocycles. The summed E-state index contributed by atoms with van der Waals surface area (Å²) >= 11 is 0. The van der Waals surface area contributed by atoms with Gasteiger partial charge in [0.25, 0.3) is 0 Å². The molecule has 0 fully saturated rings. The lowest BCUT2D eigenvalue weighted by atomic mass is 10.0. The number of allylic oxidation sites excluding steroid dienone is 4. The van der Waals surface area contributed by atoms with Crippen molar-refractivity contribution in [3.63, 3.8) is 0 Å². The molecule has 0 saturated carbocycles. The third-order valence-corrected chi connectivity index (χ3v) is 2.32. The number of hydrogen-bond donors (Lipinski definition) is 0. The van der Waals surface area contributed by atoms with Crippen molar-refractivity contribution in [2.45, 2.75) is 12.8 Å². The molecule has 1 heteroatoms. The van der Waals surface area contributed by atoms with Gasteiger partial charge < -0.3 is 0 Å². The Morgan fingerprint density at radius 3 is 2.77 bits per heavy atom. The van der Waals surface area contributed by atoms with Crippen LogP contribution in [0.15, 0.2) is 48.8 Å². The highest BCUT2D eigenvalue weighted by Crippen LogP contribution is 2.15. The van der Waals surface area contributed by atoms with E-state index in [1.807, 2.05) is 18.5 Å². The third kappa shape index (κ3) is 2.28. The summed E-state index contributed by atoms with van der Waals surface area (Å²) in [6, 6.07) is 4.13. The SMILES string of the molecule is C1=CC(CCc2cccnc2)C=C1. The lowest BCUT2D eigenvalue weighted by molar-refractivity contribution is 0.714. The van der Waals surface area contributed by atoms with Gasteiger partial charge in [0, 0.05) is 12.4 Å². The summed E-state index contributed by atoms with van der Waals surface area (Å²) in [5, 5.41) is 0. The Kier molecular flexibility index (Phi) is 2.56. The second kappa shape index (κ2) is 4.04. The number of nitrogens with zero attached hydrogens (tertiary/aromatic N) is 1. The second-order valence-corrected chi connectivity index (χ2v) is 3.33. The first kappa shape index (κ1) is 8.24. The average molecular weight is 171 g/mol. The maximum absolute atomic E-state index is 4.09. The fourth-order valence-electron chi connectivity index (χ4n) is 1.55. The van der Waals surface area contributed by atoms with Gasteiger partial charge in [0.05, 0.1) is 0 Å². The highest BCUT2D eigenvalue weighted by Gasteiger charge is 2.03. The van der Waals surface area contributed by atoms with Crippen molar-refractivity contribution < 1.29 is 0 Å². The zero-order valence-electron chi connectivity index (χ0n) is 7.56. The highest BCUT2D eigenvalue weighted by molar-refractivity contribution is 5.18. The molecule has 1 heterocycles. The van der Waals surface area contributed by atoms with Crippen LogP contribution in [0.25, 0.3) is 0 Å². The molecule has 1 aromatic rings. The Hall–Kier alpha value is -1.37. The Balaban J connectivity index is 1.86. The predicted octanol–water partition coefficient (Wildman–Crippen LogP) is 2.76. The summed E-state index contributed by atoms with van der Waals surface area (Å²) in [5.74, 6) is 0.639. The van der Waals surface area contributed by atoms with Crippen molar-refractivity contribution in [1.82, 2.24) is 4.98 Å². The van der Waals surface area contributed by atoms with E-state index in [9.17, 15) is 0 Å². The van der Waals surface area contributed by atoms with Crippen LogP contribution < -0.4 is 0 Å². The van der Waals surface area contributed by atoms with Gasteiger partial charge in [-0.25, -0.2) is 0 Å². The molecule has 0 saturated heterocycles. The average Bonchev–Trinajstić information content (AvgIpc) is 2.69. The predicted molar refractivity (Wildman–Crippen MR) is 54.3 cm³/mol. The zero-order valence-corrected chi connectivity index (χ0v) is 7.56. The Morgan fingerprint density at radius 2 is 2.08 bits per heavy atom. The molecular formula is C12H13N. The molecule has 66 valence electrons. The first-order valence-corrected chi connectivity index (χ1v) is 4.69. The molecule has 0 bridgehead atoms. The van der Waals surface area contributed by atoms with Gasteiger partial charge in [-0.2, -0.15) is 0 Å². The highest BCUT2D eigenvalue weighted by atomic mass is 14.6. The fourth-order valence-corrected chi connectivity index (χ4v) is 1.55. The van der Waals surface area contributed by atoms with Crippen LogP contribution in [0.3, 0.4) is 0 Å². The van der Waals surface area contributed by atoms with Gasteiger partial charge in [-0.15, -0.1) is 0 Å². The molecule has 0 spiro atoms. The zero-order chi connectivity index (χ0) is 8.93. The van der Waals surface area contributed by atoms with Crippen LogP contribution in [-0.2, 0) is 6.42 Å². The van der Waals surface area contributed by atoms with Gasteiger partial charge in [0.15, 0.2) is 0 Å². The Morgan fingerprint density at radius 1 is 1.23 bits per heavy atom. The largest absolute Gasteiger partial charge is 0.264 e. The molecule has 0 amide bonds. The maximum Gasteiger partial charge on any atom is 0.0299 e. The van der Waals surface area contributed by atoms with Gasteiger partial charge in [-0.05, 0) is 30.4 Å². The van der Waals surface area contributed by atoms with E-state index in [0.717, 1.165) is 6.42 Å². The lowest BCUT2D eigenvalue weighted by Crippen LogP contribution is -1.93. The molecule has 0 unspecified atom stereocenters. The van der Waals surface area contributed by atoms with Crippen LogP contribution in [0.2, 0.25) is 0 Å². The maximum atomic E-state index is 4.09. The van der Waals surface area contributed by atoms with E-state index in [1.54, 1.807) is 0 Å². The minimum atomic E-state index is 0.639. The van der Waals surface area contributed by atoms with E-state index in [4.69, 9.17) is 0 Å². The summed E-state index contributed by atoms with van der Waals surface area (Å²) < 4.78 is 0. The molecule has 1 aliphatic carbocycles. The number of aryl methyl sites for hydroxylation is 1. The first-order chi connectivity index (χ1) is 6.45. The summed E-state index contributed by atoms with van der Waals surface area (Å²) in [7, 11) is 0. The summed E-state index contributed by atoms with van der Waals surface area (Å²) in [6.45, 7) is 0. The number of rotatable bonds is 3. The van der Waals surface area contributed by atoms with E-state index < -0.39 is 0 Å². The Bertz CT molecular complexity index is 299. The molecule has 0 aliphatic heterocycles. The number of pyridine rings is 1. The van der Waals surface area contributed by atoms with Crippen molar-refractivity contribution >= 4 is 0 Å². The standard InChI is InChI=1S/C12H13N/c1-2-5-11(4-1)7-8-12-6-3-9-13-10-12/h1-6,9-11H,7-8H2. The second-order valence-electron chi connectivity index (χ2n) is 3.33. The summed E-state index contributed by atoms with van der Waals surface area (Å²) in [5.41, 5.74) is 1.33. The van der Waals surface area contributed by atoms with Crippen LogP contribution in [0.4, 0.5) is 0 Å². The molecule has 0 atom stereocenters. The lowest BCUT2D eigenvalue weighted by Gasteiger charge is -2.04. The van der Waals surface area contributed by atoms with E-state index in [-0.39, 0.29) is 0 Å². The Labute approximate surface area is 78.8 Å². The molecular weight excluding hydrogens is 158 g/mol. The van der Waals surface area contributed by atoms with E-state index in [0.29, 0.717) is 5.92 Å². The van der Waals surface area contributed by atoms with Crippen molar-refractivity contribution in [3.05, 3.63) is 54.4 Å². The topological polar surface area (TPSA) is 12.9 Å². The van der Waals surface area contributed by atoms with Crippen LogP contribution in [0.1, 0.15) is 12.0 Å². The van der Waals surface area contributed by atoms with E-state index in [1.165, 1.54) is 12.0 Å². The smallest absolute Gasteiger partial charge is 0.0299 e.